The quantitative estimate of drug-likeness (QED) is 0.721. The molecule has 1 aromatic heterocycles. The van der Waals surface area contributed by atoms with Crippen LogP contribution in [-0.2, 0) is 11.8 Å². The van der Waals surface area contributed by atoms with Crippen LogP contribution in [0.15, 0.2) is 36.5 Å². The maximum absolute atomic E-state index is 11.0. The maximum Gasteiger partial charge on any atom is 0.309 e. The van der Waals surface area contributed by atoms with Crippen LogP contribution in [-0.4, -0.2) is 15.7 Å². The summed E-state index contributed by atoms with van der Waals surface area (Å²) in [5.41, 5.74) is 1.80. The summed E-state index contributed by atoms with van der Waals surface area (Å²) in [7, 11) is 1.74. The third kappa shape index (κ3) is 1.95. The van der Waals surface area contributed by atoms with E-state index >= 15 is 0 Å². The van der Waals surface area contributed by atoms with Crippen molar-refractivity contribution < 1.29 is 9.53 Å². The van der Waals surface area contributed by atoms with Crippen molar-refractivity contribution in [1.82, 2.24) is 9.78 Å². The van der Waals surface area contributed by atoms with E-state index in [1.54, 1.807) is 17.9 Å². The number of hydrogen-bond acceptors (Lipinski definition) is 3. The molecule has 0 unspecified atom stereocenters. The molecule has 0 saturated carbocycles. The van der Waals surface area contributed by atoms with Crippen LogP contribution in [0.2, 0.25) is 0 Å². The lowest BCUT2D eigenvalue weighted by Crippen LogP contribution is -2.06. The van der Waals surface area contributed by atoms with Gasteiger partial charge in [-0.25, -0.2) is 4.68 Å². The van der Waals surface area contributed by atoms with Gasteiger partial charge in [-0.1, -0.05) is 30.3 Å². The Kier molecular flexibility index (Phi) is 2.72. The van der Waals surface area contributed by atoms with E-state index in [0.29, 0.717) is 5.88 Å². The molecule has 0 atom stereocenters. The number of benzene rings is 1. The van der Waals surface area contributed by atoms with Gasteiger partial charge in [0.1, 0.15) is 0 Å². The summed E-state index contributed by atoms with van der Waals surface area (Å²) in [5, 5.41) is 4.09. The Morgan fingerprint density at radius 1 is 1.31 bits per heavy atom. The Morgan fingerprint density at radius 3 is 2.62 bits per heavy atom. The molecule has 0 aliphatic heterocycles. The fourth-order valence-electron chi connectivity index (χ4n) is 1.50. The van der Waals surface area contributed by atoms with Crippen LogP contribution < -0.4 is 4.74 Å². The molecule has 0 spiro atoms. The summed E-state index contributed by atoms with van der Waals surface area (Å²) >= 11 is 0. The predicted octanol–water partition coefficient (Wildman–Crippen LogP) is 2.01. The van der Waals surface area contributed by atoms with Gasteiger partial charge in [-0.15, -0.1) is 0 Å². The second kappa shape index (κ2) is 4.18. The summed E-state index contributed by atoms with van der Waals surface area (Å²) < 4.78 is 6.68. The van der Waals surface area contributed by atoms with E-state index in [1.807, 2.05) is 30.3 Å². The highest BCUT2D eigenvalue weighted by Gasteiger charge is 2.13. The van der Waals surface area contributed by atoms with Crippen LogP contribution >= 0.6 is 0 Å². The molecule has 16 heavy (non-hydrogen) atoms. The second-order valence-corrected chi connectivity index (χ2v) is 3.45. The van der Waals surface area contributed by atoms with Crippen molar-refractivity contribution in [3.05, 3.63) is 36.5 Å². The first kappa shape index (κ1) is 10.4. The standard InChI is InChI=1S/C12H12N2O2/c1-9(15)16-12-11(8-13-14(12)2)10-6-4-3-5-7-10/h3-8H,1-2H3. The monoisotopic (exact) mass is 216 g/mol. The van der Waals surface area contributed by atoms with Gasteiger partial charge in [0.25, 0.3) is 0 Å². The van der Waals surface area contributed by atoms with Crippen molar-refractivity contribution in [1.29, 1.82) is 0 Å². The first-order valence-corrected chi connectivity index (χ1v) is 4.94. The number of nitrogens with zero attached hydrogens (tertiary/aromatic N) is 2. The lowest BCUT2D eigenvalue weighted by Gasteiger charge is -2.04. The first-order chi connectivity index (χ1) is 7.68. The summed E-state index contributed by atoms with van der Waals surface area (Å²) in [6, 6.07) is 9.69. The topological polar surface area (TPSA) is 44.1 Å². The molecule has 0 fully saturated rings. The highest BCUT2D eigenvalue weighted by molar-refractivity contribution is 5.74. The molecule has 2 aromatic rings. The van der Waals surface area contributed by atoms with Gasteiger partial charge in [0.05, 0.1) is 11.8 Å². The second-order valence-electron chi connectivity index (χ2n) is 3.45. The zero-order valence-electron chi connectivity index (χ0n) is 9.18. The molecule has 4 heteroatoms. The highest BCUT2D eigenvalue weighted by Crippen LogP contribution is 2.28. The van der Waals surface area contributed by atoms with E-state index in [2.05, 4.69) is 5.10 Å². The third-order valence-corrected chi connectivity index (χ3v) is 2.21. The largest absolute Gasteiger partial charge is 0.407 e. The summed E-state index contributed by atoms with van der Waals surface area (Å²) in [6.45, 7) is 1.38. The zero-order valence-corrected chi connectivity index (χ0v) is 9.18. The summed E-state index contributed by atoms with van der Waals surface area (Å²) in [5.74, 6) is 0.125. The van der Waals surface area contributed by atoms with E-state index in [0.717, 1.165) is 11.1 Å². The average Bonchev–Trinajstić information content (AvgIpc) is 2.61. The molecule has 0 saturated heterocycles. The van der Waals surface area contributed by atoms with E-state index in [-0.39, 0.29) is 5.97 Å². The number of aryl methyl sites for hydroxylation is 1. The minimum Gasteiger partial charge on any atom is -0.407 e. The number of hydrogen-bond donors (Lipinski definition) is 0. The Balaban J connectivity index is 2.46. The number of carbonyl (C=O) groups is 1. The van der Waals surface area contributed by atoms with Crippen molar-refractivity contribution in [2.75, 3.05) is 0 Å². The maximum atomic E-state index is 11.0. The lowest BCUT2D eigenvalue weighted by atomic mass is 10.1. The molecule has 1 aromatic carbocycles. The molecule has 0 aliphatic carbocycles. The minimum absolute atomic E-state index is 0.346. The molecular weight excluding hydrogens is 204 g/mol. The van der Waals surface area contributed by atoms with Crippen LogP contribution in [0.5, 0.6) is 5.88 Å². The van der Waals surface area contributed by atoms with E-state index in [4.69, 9.17) is 4.74 Å². The van der Waals surface area contributed by atoms with Gasteiger partial charge in [0.15, 0.2) is 0 Å². The molecule has 0 radical (unpaired) electrons. The van der Waals surface area contributed by atoms with Crippen molar-refractivity contribution in [3.8, 4) is 17.0 Å². The highest BCUT2D eigenvalue weighted by atomic mass is 16.5. The van der Waals surface area contributed by atoms with Gasteiger partial charge in [-0.3, -0.25) is 4.79 Å². The van der Waals surface area contributed by atoms with Crippen molar-refractivity contribution in [3.63, 3.8) is 0 Å². The average molecular weight is 216 g/mol. The van der Waals surface area contributed by atoms with Gasteiger partial charge in [0, 0.05) is 14.0 Å². The fourth-order valence-corrected chi connectivity index (χ4v) is 1.50. The van der Waals surface area contributed by atoms with E-state index in [1.165, 1.54) is 6.92 Å². The van der Waals surface area contributed by atoms with Gasteiger partial charge in [-0.2, -0.15) is 5.10 Å². The molecular formula is C12H12N2O2. The normalized spacial score (nSPS) is 10.1. The number of aromatic nitrogens is 2. The Hall–Kier alpha value is -2.10. The summed E-state index contributed by atoms with van der Waals surface area (Å²) in [6.07, 6.45) is 1.69. The first-order valence-electron chi connectivity index (χ1n) is 4.94. The van der Waals surface area contributed by atoms with Crippen molar-refractivity contribution in [2.45, 2.75) is 6.92 Å². The molecule has 0 N–H and O–H groups in total. The van der Waals surface area contributed by atoms with Crippen LogP contribution in [0.25, 0.3) is 11.1 Å². The fraction of sp³-hybridized carbons (Fsp3) is 0.167. The Labute approximate surface area is 93.5 Å². The summed E-state index contributed by atoms with van der Waals surface area (Å²) in [4.78, 5) is 11.0. The molecule has 0 aliphatic rings. The number of carbonyl (C=O) groups excluding carboxylic acids is 1. The van der Waals surface area contributed by atoms with Crippen molar-refractivity contribution in [2.24, 2.45) is 7.05 Å². The molecule has 1 heterocycles. The Bertz CT molecular complexity index is 503. The lowest BCUT2D eigenvalue weighted by molar-refractivity contribution is -0.132. The van der Waals surface area contributed by atoms with Crippen LogP contribution in [0, 0.1) is 0 Å². The van der Waals surface area contributed by atoms with Gasteiger partial charge < -0.3 is 4.74 Å². The predicted molar refractivity (Wildman–Crippen MR) is 60.0 cm³/mol. The number of rotatable bonds is 2. The van der Waals surface area contributed by atoms with Crippen molar-refractivity contribution >= 4 is 5.97 Å². The number of esters is 1. The Morgan fingerprint density at radius 2 is 2.00 bits per heavy atom. The third-order valence-electron chi connectivity index (χ3n) is 2.21. The molecule has 0 bridgehead atoms. The SMILES string of the molecule is CC(=O)Oc1c(-c2ccccc2)cnn1C. The van der Waals surface area contributed by atoms with Crippen LogP contribution in [0.1, 0.15) is 6.92 Å². The minimum atomic E-state index is -0.346. The van der Waals surface area contributed by atoms with Crippen LogP contribution in [0.4, 0.5) is 0 Å². The van der Waals surface area contributed by atoms with Crippen LogP contribution in [0.3, 0.4) is 0 Å². The van der Waals surface area contributed by atoms with Gasteiger partial charge in [-0.05, 0) is 5.56 Å². The number of ether oxygens (including phenoxy) is 1. The smallest absolute Gasteiger partial charge is 0.309 e. The van der Waals surface area contributed by atoms with Gasteiger partial charge in [0.2, 0.25) is 5.88 Å². The zero-order chi connectivity index (χ0) is 11.5. The van der Waals surface area contributed by atoms with Gasteiger partial charge >= 0.3 is 5.97 Å². The van der Waals surface area contributed by atoms with E-state index < -0.39 is 0 Å². The molecule has 2 rings (SSSR count). The van der Waals surface area contributed by atoms with E-state index in [9.17, 15) is 4.79 Å². The molecule has 82 valence electrons. The molecule has 4 nitrogen and oxygen atoms in total. The molecule has 0 amide bonds.